The Hall–Kier alpha value is -1.71. The molecule has 3 nitrogen and oxygen atoms in total. The van der Waals surface area contributed by atoms with Crippen LogP contribution in [0.4, 0.5) is 4.39 Å². The highest BCUT2D eigenvalue weighted by atomic mass is 19.1. The van der Waals surface area contributed by atoms with Gasteiger partial charge in [0.25, 0.3) is 0 Å². The van der Waals surface area contributed by atoms with Gasteiger partial charge in [0.2, 0.25) is 0 Å². The molecule has 0 unspecified atom stereocenters. The third-order valence-electron chi connectivity index (χ3n) is 2.22. The zero-order valence-electron chi connectivity index (χ0n) is 8.52. The van der Waals surface area contributed by atoms with Crippen LogP contribution >= 0.6 is 0 Å². The van der Waals surface area contributed by atoms with Gasteiger partial charge in [-0.1, -0.05) is 18.2 Å². The van der Waals surface area contributed by atoms with Crippen LogP contribution in [0.15, 0.2) is 30.6 Å². The predicted octanol–water partition coefficient (Wildman–Crippen LogP) is 1.97. The van der Waals surface area contributed by atoms with E-state index >= 15 is 0 Å². The van der Waals surface area contributed by atoms with Crippen molar-refractivity contribution in [2.45, 2.75) is 19.9 Å². The second kappa shape index (κ2) is 4.21. The molecule has 1 aromatic carbocycles. The maximum atomic E-state index is 13.3. The summed E-state index contributed by atoms with van der Waals surface area (Å²) in [7, 11) is 0. The zero-order valence-corrected chi connectivity index (χ0v) is 8.52. The number of benzene rings is 1. The van der Waals surface area contributed by atoms with Crippen molar-refractivity contribution in [1.82, 2.24) is 14.8 Å². The van der Waals surface area contributed by atoms with E-state index in [1.807, 2.05) is 13.0 Å². The van der Waals surface area contributed by atoms with E-state index in [0.29, 0.717) is 18.5 Å². The van der Waals surface area contributed by atoms with Gasteiger partial charge < -0.3 is 0 Å². The Kier molecular flexibility index (Phi) is 2.76. The van der Waals surface area contributed by atoms with Crippen LogP contribution in [0.2, 0.25) is 0 Å². The third kappa shape index (κ3) is 2.40. The van der Waals surface area contributed by atoms with Crippen molar-refractivity contribution in [3.63, 3.8) is 0 Å². The Morgan fingerprint density at radius 2 is 2.13 bits per heavy atom. The number of hydrogen-bond donors (Lipinski definition) is 0. The highest BCUT2D eigenvalue weighted by molar-refractivity contribution is 5.17. The molecule has 78 valence electrons. The summed E-state index contributed by atoms with van der Waals surface area (Å²) in [6.07, 6.45) is 2.30. The number of aryl methyl sites for hydroxylation is 3. The predicted molar refractivity (Wildman–Crippen MR) is 54.9 cm³/mol. The largest absolute Gasteiger partial charge is 0.252 e. The zero-order chi connectivity index (χ0) is 10.7. The molecule has 0 bridgehead atoms. The maximum Gasteiger partial charge on any atom is 0.147 e. The van der Waals surface area contributed by atoms with E-state index in [-0.39, 0.29) is 5.82 Å². The smallest absolute Gasteiger partial charge is 0.147 e. The number of nitrogens with zero attached hydrogens (tertiary/aromatic N) is 3. The Balaban J connectivity index is 2.02. The Labute approximate surface area is 87.6 Å². The van der Waals surface area contributed by atoms with E-state index in [1.54, 1.807) is 23.1 Å². The monoisotopic (exact) mass is 205 g/mol. The minimum absolute atomic E-state index is 0.158. The standard InChI is InChI=1S/C11H12FN3/c1-9-13-8-15(14-9)7-6-10-4-2-3-5-11(10)12/h2-5,8H,6-7H2,1H3. The molecule has 15 heavy (non-hydrogen) atoms. The van der Waals surface area contributed by atoms with E-state index < -0.39 is 0 Å². The summed E-state index contributed by atoms with van der Waals surface area (Å²) < 4.78 is 15.0. The van der Waals surface area contributed by atoms with Gasteiger partial charge in [-0.3, -0.25) is 4.68 Å². The van der Waals surface area contributed by atoms with Crippen LogP contribution in [0, 0.1) is 12.7 Å². The Morgan fingerprint density at radius 1 is 1.33 bits per heavy atom. The first kappa shape index (κ1) is 9.83. The minimum Gasteiger partial charge on any atom is -0.252 e. The highest BCUT2D eigenvalue weighted by Crippen LogP contribution is 2.07. The summed E-state index contributed by atoms with van der Waals surface area (Å²) in [5.41, 5.74) is 0.714. The summed E-state index contributed by atoms with van der Waals surface area (Å²) in [6, 6.07) is 6.80. The topological polar surface area (TPSA) is 30.7 Å². The average Bonchev–Trinajstić information content (AvgIpc) is 2.63. The molecule has 1 aromatic heterocycles. The maximum absolute atomic E-state index is 13.3. The molecule has 2 aromatic rings. The van der Waals surface area contributed by atoms with Crippen molar-refractivity contribution in [2.24, 2.45) is 0 Å². The van der Waals surface area contributed by atoms with Gasteiger partial charge >= 0.3 is 0 Å². The van der Waals surface area contributed by atoms with Crippen LogP contribution in [-0.2, 0) is 13.0 Å². The Morgan fingerprint density at radius 3 is 2.80 bits per heavy atom. The molecule has 0 fully saturated rings. The van der Waals surface area contributed by atoms with Crippen molar-refractivity contribution in [2.75, 3.05) is 0 Å². The second-order valence-electron chi connectivity index (χ2n) is 3.40. The van der Waals surface area contributed by atoms with Gasteiger partial charge in [0.05, 0.1) is 0 Å². The summed E-state index contributed by atoms with van der Waals surface area (Å²) >= 11 is 0. The normalized spacial score (nSPS) is 10.5. The number of rotatable bonds is 3. The van der Waals surface area contributed by atoms with E-state index in [4.69, 9.17) is 0 Å². The molecule has 1 heterocycles. The fourth-order valence-electron chi connectivity index (χ4n) is 1.43. The van der Waals surface area contributed by atoms with E-state index in [1.165, 1.54) is 6.07 Å². The van der Waals surface area contributed by atoms with Gasteiger partial charge in [-0.15, -0.1) is 0 Å². The first-order valence-electron chi connectivity index (χ1n) is 4.85. The lowest BCUT2D eigenvalue weighted by atomic mass is 10.1. The van der Waals surface area contributed by atoms with Gasteiger partial charge in [-0.05, 0) is 25.0 Å². The van der Waals surface area contributed by atoms with Crippen molar-refractivity contribution >= 4 is 0 Å². The fraction of sp³-hybridized carbons (Fsp3) is 0.273. The summed E-state index contributed by atoms with van der Waals surface area (Å²) in [6.45, 7) is 2.49. The number of aromatic nitrogens is 3. The lowest BCUT2D eigenvalue weighted by Gasteiger charge is -2.02. The summed E-state index contributed by atoms with van der Waals surface area (Å²) in [4.78, 5) is 4.01. The molecule has 0 aliphatic heterocycles. The minimum atomic E-state index is -0.158. The summed E-state index contributed by atoms with van der Waals surface area (Å²) in [5, 5.41) is 4.14. The molecule has 0 aliphatic rings. The molecule has 2 rings (SSSR count). The second-order valence-corrected chi connectivity index (χ2v) is 3.40. The quantitative estimate of drug-likeness (QED) is 0.767. The average molecular weight is 205 g/mol. The lowest BCUT2D eigenvalue weighted by molar-refractivity contribution is 0.570. The number of halogens is 1. The van der Waals surface area contributed by atoms with Crippen LogP contribution in [0.1, 0.15) is 11.4 Å². The summed E-state index contributed by atoms with van der Waals surface area (Å²) in [5.74, 6) is 0.581. The molecule has 4 heteroatoms. The first-order chi connectivity index (χ1) is 7.25. The molecule has 0 atom stereocenters. The molecular weight excluding hydrogens is 193 g/mol. The van der Waals surface area contributed by atoms with Crippen LogP contribution in [0.3, 0.4) is 0 Å². The number of hydrogen-bond acceptors (Lipinski definition) is 2. The molecule has 0 saturated carbocycles. The van der Waals surface area contributed by atoms with Gasteiger partial charge in [0.15, 0.2) is 0 Å². The highest BCUT2D eigenvalue weighted by Gasteiger charge is 2.01. The molecule has 0 spiro atoms. The van der Waals surface area contributed by atoms with Crippen LogP contribution in [-0.4, -0.2) is 14.8 Å². The van der Waals surface area contributed by atoms with E-state index in [2.05, 4.69) is 10.1 Å². The molecule has 0 N–H and O–H groups in total. The molecule has 0 aliphatic carbocycles. The molecule has 0 amide bonds. The van der Waals surface area contributed by atoms with Crippen LogP contribution in [0.5, 0.6) is 0 Å². The third-order valence-corrected chi connectivity index (χ3v) is 2.22. The fourth-order valence-corrected chi connectivity index (χ4v) is 1.43. The van der Waals surface area contributed by atoms with Crippen molar-refractivity contribution in [3.8, 4) is 0 Å². The Bertz CT molecular complexity index is 451. The van der Waals surface area contributed by atoms with Gasteiger partial charge in [0.1, 0.15) is 18.0 Å². The SMILES string of the molecule is Cc1ncn(CCc2ccccc2F)n1. The van der Waals surface area contributed by atoms with E-state index in [9.17, 15) is 4.39 Å². The lowest BCUT2D eigenvalue weighted by Crippen LogP contribution is -2.03. The van der Waals surface area contributed by atoms with Gasteiger partial charge in [0, 0.05) is 6.54 Å². The van der Waals surface area contributed by atoms with Gasteiger partial charge in [-0.2, -0.15) is 5.10 Å². The van der Waals surface area contributed by atoms with Crippen LogP contribution in [0.25, 0.3) is 0 Å². The van der Waals surface area contributed by atoms with Crippen LogP contribution < -0.4 is 0 Å². The van der Waals surface area contributed by atoms with Crippen molar-refractivity contribution in [3.05, 3.63) is 47.8 Å². The molecule has 0 radical (unpaired) electrons. The first-order valence-corrected chi connectivity index (χ1v) is 4.85. The van der Waals surface area contributed by atoms with Crippen molar-refractivity contribution in [1.29, 1.82) is 0 Å². The molecule has 0 saturated heterocycles. The molecular formula is C11H12FN3. The van der Waals surface area contributed by atoms with Gasteiger partial charge in [-0.25, -0.2) is 9.37 Å². The van der Waals surface area contributed by atoms with E-state index in [0.717, 1.165) is 5.82 Å². The van der Waals surface area contributed by atoms with Crippen molar-refractivity contribution < 1.29 is 4.39 Å².